The molecule has 0 unspecified atom stereocenters. The normalized spacial score (nSPS) is 15.8. The molecule has 0 bridgehead atoms. The molecule has 3 aromatic rings. The lowest BCUT2D eigenvalue weighted by Crippen LogP contribution is -2.38. The molecule has 1 aliphatic rings. The van der Waals surface area contributed by atoms with Crippen molar-refractivity contribution in [1.29, 1.82) is 0 Å². The second kappa shape index (κ2) is 8.02. The summed E-state index contributed by atoms with van der Waals surface area (Å²) >= 11 is 0. The molecule has 1 amide bonds. The van der Waals surface area contributed by atoms with E-state index < -0.39 is 0 Å². The summed E-state index contributed by atoms with van der Waals surface area (Å²) in [7, 11) is 0. The molecule has 1 saturated heterocycles. The Morgan fingerprint density at radius 3 is 2.64 bits per heavy atom. The van der Waals surface area contributed by atoms with Gasteiger partial charge in [-0.25, -0.2) is 0 Å². The van der Waals surface area contributed by atoms with E-state index in [1.807, 2.05) is 31.2 Å². The molecule has 2 N–H and O–H groups in total. The Hall–Kier alpha value is -2.86. The zero-order chi connectivity index (χ0) is 19.5. The number of hydrogen-bond donors (Lipinski definition) is 2. The minimum Gasteiger partial charge on any atom is -0.465 e. The van der Waals surface area contributed by atoms with Gasteiger partial charge in [0.05, 0.1) is 12.1 Å². The molecule has 0 spiro atoms. The minimum atomic E-state index is -0.175. The highest BCUT2D eigenvalue weighted by molar-refractivity contribution is 6.06. The molecule has 2 aromatic heterocycles. The summed E-state index contributed by atoms with van der Waals surface area (Å²) in [5.41, 5.74) is 0.340. The first-order valence-corrected chi connectivity index (χ1v) is 9.76. The summed E-state index contributed by atoms with van der Waals surface area (Å²) in [6, 6.07) is 11.2. The van der Waals surface area contributed by atoms with E-state index in [-0.39, 0.29) is 11.5 Å². The van der Waals surface area contributed by atoms with Crippen molar-refractivity contribution in [3.8, 4) is 0 Å². The van der Waals surface area contributed by atoms with Crippen LogP contribution in [0.4, 0.5) is 0 Å². The maximum absolute atomic E-state index is 12.7. The van der Waals surface area contributed by atoms with Crippen LogP contribution in [0.15, 0.2) is 51.8 Å². The first kappa shape index (κ1) is 18.5. The molecule has 0 radical (unpaired) electrons. The zero-order valence-electron chi connectivity index (χ0n) is 16.0. The molecule has 1 fully saturated rings. The SMILES string of the molecule is Cc1ccc(CN2CCC(CNC(=O)c3c[nH]c(=O)c4ccccc34)CC2)o1. The molecular weight excluding hydrogens is 354 g/mol. The largest absolute Gasteiger partial charge is 0.465 e. The van der Waals surface area contributed by atoms with E-state index in [2.05, 4.69) is 15.2 Å². The lowest BCUT2D eigenvalue weighted by Gasteiger charge is -2.31. The monoisotopic (exact) mass is 379 g/mol. The summed E-state index contributed by atoms with van der Waals surface area (Å²) in [5, 5.41) is 4.28. The number of likely N-dealkylation sites (tertiary alicyclic amines) is 1. The van der Waals surface area contributed by atoms with Crippen LogP contribution in [0.2, 0.25) is 0 Å². The van der Waals surface area contributed by atoms with Gasteiger partial charge in [-0.15, -0.1) is 0 Å². The van der Waals surface area contributed by atoms with E-state index >= 15 is 0 Å². The van der Waals surface area contributed by atoms with Crippen LogP contribution < -0.4 is 10.9 Å². The fourth-order valence-electron chi connectivity index (χ4n) is 3.87. The number of piperidine rings is 1. The van der Waals surface area contributed by atoms with Crippen LogP contribution in [0, 0.1) is 12.8 Å². The van der Waals surface area contributed by atoms with Crippen LogP contribution in [-0.4, -0.2) is 35.4 Å². The number of nitrogens with one attached hydrogen (secondary N) is 2. The zero-order valence-corrected chi connectivity index (χ0v) is 16.0. The quantitative estimate of drug-likeness (QED) is 0.714. The first-order chi connectivity index (χ1) is 13.6. The Balaban J connectivity index is 1.31. The van der Waals surface area contributed by atoms with Gasteiger partial charge >= 0.3 is 0 Å². The number of furan rings is 1. The fourth-order valence-corrected chi connectivity index (χ4v) is 3.87. The molecule has 0 aliphatic carbocycles. The average Bonchev–Trinajstić information content (AvgIpc) is 3.12. The number of aromatic amines is 1. The second-order valence-corrected chi connectivity index (χ2v) is 7.52. The van der Waals surface area contributed by atoms with Crippen LogP contribution in [0.1, 0.15) is 34.7 Å². The molecule has 4 rings (SSSR count). The van der Waals surface area contributed by atoms with Gasteiger partial charge in [0, 0.05) is 23.5 Å². The minimum absolute atomic E-state index is 0.138. The number of pyridine rings is 1. The third-order valence-corrected chi connectivity index (χ3v) is 5.49. The van der Waals surface area contributed by atoms with Crippen molar-refractivity contribution in [2.45, 2.75) is 26.3 Å². The molecule has 3 heterocycles. The Labute approximate surface area is 163 Å². The Kier molecular flexibility index (Phi) is 5.30. The van der Waals surface area contributed by atoms with Crippen molar-refractivity contribution in [1.82, 2.24) is 15.2 Å². The molecular formula is C22H25N3O3. The number of carbonyl (C=O) groups is 1. The highest BCUT2D eigenvalue weighted by Crippen LogP contribution is 2.20. The highest BCUT2D eigenvalue weighted by Gasteiger charge is 2.21. The maximum atomic E-state index is 12.7. The van der Waals surface area contributed by atoms with Crippen LogP contribution >= 0.6 is 0 Å². The Bertz CT molecular complexity index is 1030. The number of nitrogens with zero attached hydrogens (tertiary/aromatic N) is 1. The smallest absolute Gasteiger partial charge is 0.255 e. The molecule has 146 valence electrons. The number of H-pyrrole nitrogens is 1. The van der Waals surface area contributed by atoms with Crippen molar-refractivity contribution in [3.63, 3.8) is 0 Å². The van der Waals surface area contributed by atoms with Crippen molar-refractivity contribution >= 4 is 16.7 Å². The van der Waals surface area contributed by atoms with Gasteiger partial charge in [-0.05, 0) is 57.0 Å². The van der Waals surface area contributed by atoms with Crippen LogP contribution in [-0.2, 0) is 6.54 Å². The van der Waals surface area contributed by atoms with E-state index in [9.17, 15) is 9.59 Å². The number of amides is 1. The summed E-state index contributed by atoms with van der Waals surface area (Å²) in [5.74, 6) is 2.28. The molecule has 1 aromatic carbocycles. The summed E-state index contributed by atoms with van der Waals surface area (Å²) < 4.78 is 5.66. The van der Waals surface area contributed by atoms with E-state index in [0.29, 0.717) is 28.8 Å². The third kappa shape index (κ3) is 4.02. The Morgan fingerprint density at radius 2 is 1.93 bits per heavy atom. The predicted octanol–water partition coefficient (Wildman–Crippen LogP) is 3.07. The van der Waals surface area contributed by atoms with Crippen LogP contribution in [0.3, 0.4) is 0 Å². The average molecular weight is 379 g/mol. The van der Waals surface area contributed by atoms with E-state index in [1.165, 1.54) is 6.20 Å². The number of hydrogen-bond acceptors (Lipinski definition) is 4. The predicted molar refractivity (Wildman–Crippen MR) is 108 cm³/mol. The number of rotatable bonds is 5. The van der Waals surface area contributed by atoms with Crippen molar-refractivity contribution in [2.75, 3.05) is 19.6 Å². The first-order valence-electron chi connectivity index (χ1n) is 9.76. The van der Waals surface area contributed by atoms with Gasteiger partial charge in [0.15, 0.2) is 0 Å². The van der Waals surface area contributed by atoms with Crippen LogP contribution in [0.25, 0.3) is 10.8 Å². The van der Waals surface area contributed by atoms with E-state index in [4.69, 9.17) is 4.42 Å². The number of benzene rings is 1. The van der Waals surface area contributed by atoms with E-state index in [0.717, 1.165) is 44.0 Å². The van der Waals surface area contributed by atoms with E-state index in [1.54, 1.807) is 12.1 Å². The van der Waals surface area contributed by atoms with Gasteiger partial charge in [-0.1, -0.05) is 18.2 Å². The Morgan fingerprint density at radius 1 is 1.18 bits per heavy atom. The lowest BCUT2D eigenvalue weighted by molar-refractivity contribution is 0.0935. The number of aromatic nitrogens is 1. The summed E-state index contributed by atoms with van der Waals surface area (Å²) in [4.78, 5) is 29.6. The fraction of sp³-hybridized carbons (Fsp3) is 0.364. The third-order valence-electron chi connectivity index (χ3n) is 5.49. The molecule has 0 saturated carbocycles. The summed E-state index contributed by atoms with van der Waals surface area (Å²) in [6.07, 6.45) is 3.60. The molecule has 1 aliphatic heterocycles. The lowest BCUT2D eigenvalue weighted by atomic mass is 9.96. The molecule has 6 heteroatoms. The van der Waals surface area contributed by atoms with Crippen molar-refractivity contribution in [2.24, 2.45) is 5.92 Å². The van der Waals surface area contributed by atoms with Gasteiger partial charge in [-0.2, -0.15) is 0 Å². The van der Waals surface area contributed by atoms with Gasteiger partial charge in [-0.3, -0.25) is 14.5 Å². The molecule has 0 atom stereocenters. The topological polar surface area (TPSA) is 78.3 Å². The maximum Gasteiger partial charge on any atom is 0.255 e. The second-order valence-electron chi connectivity index (χ2n) is 7.52. The standard InChI is InChI=1S/C22H25N3O3/c1-15-6-7-17(28-15)14-25-10-8-16(9-11-25)12-23-22(27)20-13-24-21(26)19-5-3-2-4-18(19)20/h2-7,13,16H,8-12,14H2,1H3,(H,23,27)(H,24,26). The van der Waals surface area contributed by atoms with Gasteiger partial charge in [0.25, 0.3) is 11.5 Å². The number of fused-ring (bicyclic) bond motifs is 1. The van der Waals surface area contributed by atoms with Crippen molar-refractivity contribution < 1.29 is 9.21 Å². The number of carbonyl (C=O) groups excluding carboxylic acids is 1. The van der Waals surface area contributed by atoms with Gasteiger partial charge in [0.1, 0.15) is 11.5 Å². The molecule has 28 heavy (non-hydrogen) atoms. The number of aryl methyl sites for hydroxylation is 1. The van der Waals surface area contributed by atoms with Crippen molar-refractivity contribution in [3.05, 3.63) is 70.0 Å². The highest BCUT2D eigenvalue weighted by atomic mass is 16.3. The van der Waals surface area contributed by atoms with Gasteiger partial charge in [0.2, 0.25) is 0 Å². The van der Waals surface area contributed by atoms with Crippen LogP contribution in [0.5, 0.6) is 0 Å². The molecule has 6 nitrogen and oxygen atoms in total. The van der Waals surface area contributed by atoms with Gasteiger partial charge < -0.3 is 14.7 Å². The summed E-state index contributed by atoms with van der Waals surface area (Å²) in [6.45, 7) is 5.46.